The van der Waals surface area contributed by atoms with Crippen LogP contribution in [-0.4, -0.2) is 21.1 Å². The molecule has 1 aliphatic heterocycles. The zero-order chi connectivity index (χ0) is 24.5. The van der Waals surface area contributed by atoms with Gasteiger partial charge < -0.3 is 9.84 Å². The molecule has 0 aliphatic carbocycles. The molecule has 1 N–H and O–H groups in total. The van der Waals surface area contributed by atoms with Crippen LogP contribution in [-0.2, 0) is 6.54 Å². The first kappa shape index (κ1) is 22.8. The number of nitrogens with one attached hydrogen (secondary N) is 1. The van der Waals surface area contributed by atoms with Gasteiger partial charge in [-0.3, -0.25) is 4.90 Å². The summed E-state index contributed by atoms with van der Waals surface area (Å²) in [6.07, 6.45) is 0. The number of nitrogens with zero attached hydrogens (tertiary/aromatic N) is 3. The van der Waals surface area contributed by atoms with Crippen molar-refractivity contribution in [2.24, 2.45) is 0 Å². The summed E-state index contributed by atoms with van der Waals surface area (Å²) >= 11 is 6.09. The molecule has 1 aliphatic rings. The van der Waals surface area contributed by atoms with Crippen molar-refractivity contribution in [1.82, 2.24) is 20.4 Å². The van der Waals surface area contributed by atoms with Crippen molar-refractivity contribution < 1.29 is 13.7 Å². The Labute approximate surface area is 207 Å². The molecular formula is C27H22ClFN4O2. The second kappa shape index (κ2) is 9.35. The van der Waals surface area contributed by atoms with E-state index in [1.807, 2.05) is 50.2 Å². The quantitative estimate of drug-likeness (QED) is 0.346. The predicted molar refractivity (Wildman–Crippen MR) is 132 cm³/mol. The number of carbonyl (C=O) groups excluding carboxylic acids is 1. The number of halogens is 2. The fourth-order valence-electron chi connectivity index (χ4n) is 4.16. The number of urea groups is 1. The predicted octanol–water partition coefficient (Wildman–Crippen LogP) is 6.54. The lowest BCUT2D eigenvalue weighted by Crippen LogP contribution is -2.45. The minimum absolute atomic E-state index is 0.258. The molecule has 35 heavy (non-hydrogen) atoms. The third kappa shape index (κ3) is 4.68. The number of amides is 2. The molecule has 0 bridgehead atoms. The average Bonchev–Trinajstić information content (AvgIpc) is 3.33. The highest BCUT2D eigenvalue weighted by molar-refractivity contribution is 6.30. The molecule has 5 rings (SSSR count). The van der Waals surface area contributed by atoms with Crippen molar-refractivity contribution in [1.29, 1.82) is 0 Å². The Morgan fingerprint density at radius 1 is 1.06 bits per heavy atom. The van der Waals surface area contributed by atoms with E-state index >= 15 is 0 Å². The second-order valence-corrected chi connectivity index (χ2v) is 8.87. The van der Waals surface area contributed by atoms with Crippen LogP contribution in [0.2, 0.25) is 5.02 Å². The van der Waals surface area contributed by atoms with Crippen LogP contribution in [0.4, 0.5) is 9.18 Å². The van der Waals surface area contributed by atoms with Crippen LogP contribution in [0.25, 0.3) is 17.0 Å². The van der Waals surface area contributed by atoms with E-state index in [9.17, 15) is 9.18 Å². The summed E-state index contributed by atoms with van der Waals surface area (Å²) in [5.41, 5.74) is 4.88. The van der Waals surface area contributed by atoms with E-state index in [1.165, 1.54) is 12.1 Å². The summed E-state index contributed by atoms with van der Waals surface area (Å²) in [5, 5.41) is 7.85. The Morgan fingerprint density at radius 2 is 1.80 bits per heavy atom. The van der Waals surface area contributed by atoms with Crippen molar-refractivity contribution >= 4 is 23.2 Å². The van der Waals surface area contributed by atoms with Gasteiger partial charge >= 0.3 is 6.03 Å². The van der Waals surface area contributed by atoms with Gasteiger partial charge in [-0.15, -0.1) is 0 Å². The largest absolute Gasteiger partial charge is 0.334 e. The number of carbonyl (C=O) groups is 1. The number of rotatable bonds is 5. The molecule has 0 saturated heterocycles. The zero-order valence-electron chi connectivity index (χ0n) is 19.1. The maximum Gasteiger partial charge on any atom is 0.322 e. The zero-order valence-corrected chi connectivity index (χ0v) is 19.9. The first-order chi connectivity index (χ1) is 16.9. The van der Waals surface area contributed by atoms with Gasteiger partial charge in [0.1, 0.15) is 5.82 Å². The molecule has 2 amide bonds. The number of aromatic nitrogens is 2. The molecule has 176 valence electrons. The van der Waals surface area contributed by atoms with E-state index in [1.54, 1.807) is 29.2 Å². The average molecular weight is 489 g/mol. The molecule has 0 radical (unpaired) electrons. The van der Waals surface area contributed by atoms with Gasteiger partial charge in [-0.25, -0.2) is 9.18 Å². The second-order valence-electron chi connectivity index (χ2n) is 8.44. The summed E-state index contributed by atoms with van der Waals surface area (Å²) in [4.78, 5) is 19.4. The van der Waals surface area contributed by atoms with E-state index in [2.05, 4.69) is 15.5 Å². The van der Waals surface area contributed by atoms with Gasteiger partial charge in [-0.05, 0) is 55.3 Å². The van der Waals surface area contributed by atoms with Crippen LogP contribution in [0.3, 0.4) is 0 Å². The maximum absolute atomic E-state index is 13.4. The normalized spacial score (nSPS) is 15.9. The van der Waals surface area contributed by atoms with Gasteiger partial charge in [-0.1, -0.05) is 64.8 Å². The lowest BCUT2D eigenvalue weighted by atomic mass is 9.94. The van der Waals surface area contributed by atoms with Gasteiger partial charge in [0.2, 0.25) is 5.82 Å². The minimum atomic E-state index is -0.518. The van der Waals surface area contributed by atoms with Crippen molar-refractivity contribution in [2.75, 3.05) is 0 Å². The van der Waals surface area contributed by atoms with E-state index in [-0.39, 0.29) is 18.4 Å². The molecule has 1 unspecified atom stereocenters. The minimum Gasteiger partial charge on any atom is -0.334 e. The summed E-state index contributed by atoms with van der Waals surface area (Å²) in [6.45, 7) is 4.10. The highest BCUT2D eigenvalue weighted by Crippen LogP contribution is 2.38. The van der Waals surface area contributed by atoms with E-state index in [0.29, 0.717) is 28.0 Å². The van der Waals surface area contributed by atoms with E-state index < -0.39 is 6.04 Å². The van der Waals surface area contributed by atoms with Gasteiger partial charge in [0.05, 0.1) is 18.2 Å². The molecule has 1 aromatic heterocycles. The Hall–Kier alpha value is -3.97. The first-order valence-corrected chi connectivity index (χ1v) is 11.5. The Morgan fingerprint density at radius 3 is 2.51 bits per heavy atom. The van der Waals surface area contributed by atoms with Crippen LogP contribution in [0.1, 0.15) is 35.5 Å². The number of allylic oxidation sites excluding steroid dienone is 1. The van der Waals surface area contributed by atoms with Crippen LogP contribution in [0, 0.1) is 12.7 Å². The Bertz CT molecular complexity index is 1410. The number of aryl methyl sites for hydroxylation is 1. The van der Waals surface area contributed by atoms with E-state index in [0.717, 1.165) is 22.3 Å². The highest BCUT2D eigenvalue weighted by atomic mass is 35.5. The molecule has 0 fully saturated rings. The number of hydrogen-bond donors (Lipinski definition) is 1. The number of benzene rings is 3. The first-order valence-electron chi connectivity index (χ1n) is 11.1. The molecule has 8 heteroatoms. The van der Waals surface area contributed by atoms with Crippen LogP contribution in [0.5, 0.6) is 0 Å². The third-order valence-electron chi connectivity index (χ3n) is 5.99. The maximum atomic E-state index is 13.4. The molecule has 2 heterocycles. The fraction of sp³-hybridized carbons (Fsp3) is 0.148. The van der Waals surface area contributed by atoms with Crippen LogP contribution in [0.15, 0.2) is 83.0 Å². The Kier molecular flexibility index (Phi) is 6.09. The fourth-order valence-corrected chi connectivity index (χ4v) is 4.29. The van der Waals surface area contributed by atoms with Crippen molar-refractivity contribution in [3.05, 3.63) is 112 Å². The van der Waals surface area contributed by atoms with Gasteiger partial charge in [0.15, 0.2) is 0 Å². The van der Waals surface area contributed by atoms with Crippen molar-refractivity contribution in [3.8, 4) is 11.4 Å². The molecule has 0 saturated carbocycles. The molecular weight excluding hydrogens is 467 g/mol. The Balaban J connectivity index is 1.59. The van der Waals surface area contributed by atoms with E-state index in [4.69, 9.17) is 16.1 Å². The number of hydrogen-bond acceptors (Lipinski definition) is 4. The summed E-state index contributed by atoms with van der Waals surface area (Å²) in [6, 6.07) is 20.3. The summed E-state index contributed by atoms with van der Waals surface area (Å²) < 4.78 is 19.1. The van der Waals surface area contributed by atoms with Gasteiger partial charge in [0, 0.05) is 16.3 Å². The van der Waals surface area contributed by atoms with Gasteiger partial charge in [0.25, 0.3) is 5.89 Å². The van der Waals surface area contributed by atoms with Crippen LogP contribution >= 0.6 is 11.6 Å². The highest BCUT2D eigenvalue weighted by Gasteiger charge is 2.35. The summed E-state index contributed by atoms with van der Waals surface area (Å²) in [5.74, 6) is 0.436. The lowest BCUT2D eigenvalue weighted by molar-refractivity contribution is 0.203. The molecule has 6 nitrogen and oxygen atoms in total. The molecule has 1 atom stereocenters. The smallest absolute Gasteiger partial charge is 0.322 e. The van der Waals surface area contributed by atoms with Crippen molar-refractivity contribution in [3.63, 3.8) is 0 Å². The monoisotopic (exact) mass is 488 g/mol. The summed E-state index contributed by atoms with van der Waals surface area (Å²) in [7, 11) is 0. The third-order valence-corrected chi connectivity index (χ3v) is 6.24. The lowest BCUT2D eigenvalue weighted by Gasteiger charge is -2.35. The molecule has 0 spiro atoms. The molecule has 3 aromatic carbocycles. The topological polar surface area (TPSA) is 71.3 Å². The van der Waals surface area contributed by atoms with Crippen molar-refractivity contribution in [2.45, 2.75) is 26.4 Å². The van der Waals surface area contributed by atoms with Crippen LogP contribution < -0.4 is 5.32 Å². The standard InChI is InChI=1S/C27H22ClFN4O2/c1-16-4-3-5-20(14-16)25-31-26(35-32-25)23-17(2)33(15-18-6-12-22(29)13-7-18)27(34)30-24(23)19-8-10-21(28)11-9-19/h3-14,24H,15H2,1-2H3,(H,30,34). The van der Waals surface area contributed by atoms with Gasteiger partial charge in [-0.2, -0.15) is 4.98 Å². The molecule has 4 aromatic rings. The SMILES string of the molecule is CC1=C(c2nc(-c3cccc(C)c3)no2)C(c2ccc(Cl)cc2)NC(=O)N1Cc1ccc(F)cc1.